The lowest BCUT2D eigenvalue weighted by atomic mass is 9.92. The van der Waals surface area contributed by atoms with Crippen LogP contribution in [0.2, 0.25) is 0 Å². The monoisotopic (exact) mass is 352 g/mol. The van der Waals surface area contributed by atoms with Crippen molar-refractivity contribution in [3.63, 3.8) is 0 Å². The number of nitrogens with zero attached hydrogens (tertiary/aromatic N) is 1. The molecule has 3 nitrogen and oxygen atoms in total. The minimum Gasteiger partial charge on any atom is -0.348 e. The predicted molar refractivity (Wildman–Crippen MR) is 90.1 cm³/mol. The predicted octanol–water partition coefficient (Wildman–Crippen LogP) is 3.60. The zero-order chi connectivity index (χ0) is 15.4. The van der Waals surface area contributed by atoms with Crippen molar-refractivity contribution in [1.82, 2.24) is 10.2 Å². The normalized spacial score (nSPS) is 24.6. The zero-order valence-electron chi connectivity index (χ0n) is 13.1. The third kappa shape index (κ3) is 5.11. The first-order valence-electron chi connectivity index (χ1n) is 7.71. The number of likely N-dealkylation sites (tertiary alicyclic amines) is 1. The van der Waals surface area contributed by atoms with Crippen LogP contribution in [0.3, 0.4) is 0 Å². The van der Waals surface area contributed by atoms with Gasteiger partial charge >= 0.3 is 0 Å². The van der Waals surface area contributed by atoms with Gasteiger partial charge < -0.3 is 5.32 Å². The molecule has 1 heterocycles. The second kappa shape index (κ2) is 7.41. The number of hydrogen-bond acceptors (Lipinski definition) is 2. The molecule has 1 aromatic carbocycles. The minimum atomic E-state index is 0.0465. The lowest BCUT2D eigenvalue weighted by Crippen LogP contribution is -2.44. The Morgan fingerprint density at radius 3 is 2.43 bits per heavy atom. The highest BCUT2D eigenvalue weighted by Gasteiger charge is 2.23. The molecule has 116 valence electrons. The third-order valence-electron chi connectivity index (χ3n) is 4.06. The van der Waals surface area contributed by atoms with Crippen LogP contribution in [0.1, 0.15) is 38.8 Å². The van der Waals surface area contributed by atoms with Gasteiger partial charge in [0.25, 0.3) is 0 Å². The van der Waals surface area contributed by atoms with Crippen molar-refractivity contribution in [2.24, 2.45) is 11.8 Å². The van der Waals surface area contributed by atoms with Gasteiger partial charge in [0.15, 0.2) is 0 Å². The second-order valence-corrected chi connectivity index (χ2v) is 7.40. The molecule has 1 aliphatic heterocycles. The number of carbonyl (C=O) groups excluding carboxylic acids is 1. The van der Waals surface area contributed by atoms with E-state index < -0.39 is 0 Å². The van der Waals surface area contributed by atoms with Crippen molar-refractivity contribution in [2.75, 3.05) is 19.6 Å². The molecule has 0 saturated carbocycles. The van der Waals surface area contributed by atoms with Gasteiger partial charge in [-0.3, -0.25) is 9.69 Å². The van der Waals surface area contributed by atoms with E-state index in [1.54, 1.807) is 0 Å². The Hall–Kier alpha value is -0.870. The molecule has 0 spiro atoms. The van der Waals surface area contributed by atoms with Crippen LogP contribution in [0.15, 0.2) is 28.7 Å². The van der Waals surface area contributed by atoms with Gasteiger partial charge in [-0.25, -0.2) is 0 Å². The molecule has 1 aliphatic rings. The summed E-state index contributed by atoms with van der Waals surface area (Å²) in [5.74, 6) is 1.49. The van der Waals surface area contributed by atoms with E-state index in [9.17, 15) is 4.79 Å². The number of nitrogens with one attached hydrogen (secondary N) is 1. The Kier molecular flexibility index (Phi) is 5.82. The summed E-state index contributed by atoms with van der Waals surface area (Å²) in [5, 5.41) is 3.10. The Bertz CT molecular complexity index is 464. The fraction of sp³-hybridized carbons (Fsp3) is 0.588. The van der Waals surface area contributed by atoms with Crippen LogP contribution in [-0.2, 0) is 4.79 Å². The number of hydrogen-bond donors (Lipinski definition) is 1. The van der Waals surface area contributed by atoms with Crippen LogP contribution >= 0.6 is 15.9 Å². The van der Waals surface area contributed by atoms with E-state index in [0.29, 0.717) is 18.4 Å². The highest BCUT2D eigenvalue weighted by Crippen LogP contribution is 2.21. The summed E-state index contributed by atoms with van der Waals surface area (Å²) >= 11 is 3.43. The molecule has 0 unspecified atom stereocenters. The summed E-state index contributed by atoms with van der Waals surface area (Å²) in [6, 6.07) is 8.14. The van der Waals surface area contributed by atoms with E-state index in [4.69, 9.17) is 0 Å². The van der Waals surface area contributed by atoms with Crippen LogP contribution in [-0.4, -0.2) is 30.4 Å². The number of rotatable bonds is 4. The Labute approximate surface area is 136 Å². The molecule has 1 fully saturated rings. The van der Waals surface area contributed by atoms with Gasteiger partial charge in [0.2, 0.25) is 5.91 Å². The highest BCUT2D eigenvalue weighted by atomic mass is 79.9. The molecular weight excluding hydrogens is 328 g/mol. The average Bonchev–Trinajstić information content (AvgIpc) is 2.37. The van der Waals surface area contributed by atoms with Crippen molar-refractivity contribution in [3.05, 3.63) is 34.3 Å². The summed E-state index contributed by atoms with van der Waals surface area (Å²) in [5.41, 5.74) is 1.13. The second-order valence-electron chi connectivity index (χ2n) is 6.48. The van der Waals surface area contributed by atoms with Crippen molar-refractivity contribution in [1.29, 1.82) is 0 Å². The maximum atomic E-state index is 12.2. The first kappa shape index (κ1) is 16.5. The number of carbonyl (C=O) groups is 1. The van der Waals surface area contributed by atoms with Gasteiger partial charge in [0.05, 0.1) is 12.6 Å². The first-order valence-corrected chi connectivity index (χ1v) is 8.50. The molecule has 0 radical (unpaired) electrons. The van der Waals surface area contributed by atoms with Crippen LogP contribution in [0.4, 0.5) is 0 Å². The van der Waals surface area contributed by atoms with Gasteiger partial charge in [-0.1, -0.05) is 41.9 Å². The number of benzene rings is 1. The summed E-state index contributed by atoms with van der Waals surface area (Å²) in [7, 11) is 0. The summed E-state index contributed by atoms with van der Waals surface area (Å²) < 4.78 is 1.06. The molecule has 0 bridgehead atoms. The molecule has 1 aromatic rings. The van der Waals surface area contributed by atoms with Gasteiger partial charge in [-0.05, 0) is 42.9 Å². The van der Waals surface area contributed by atoms with E-state index in [1.165, 1.54) is 6.42 Å². The smallest absolute Gasteiger partial charge is 0.234 e. The van der Waals surface area contributed by atoms with Crippen LogP contribution in [0, 0.1) is 11.8 Å². The average molecular weight is 353 g/mol. The highest BCUT2D eigenvalue weighted by molar-refractivity contribution is 9.10. The molecule has 0 aliphatic carbocycles. The van der Waals surface area contributed by atoms with Gasteiger partial charge in [0.1, 0.15) is 0 Å². The van der Waals surface area contributed by atoms with Crippen molar-refractivity contribution >= 4 is 21.8 Å². The molecule has 1 saturated heterocycles. The Balaban J connectivity index is 1.85. The Morgan fingerprint density at radius 1 is 1.29 bits per heavy atom. The molecule has 4 heteroatoms. The number of amides is 1. The maximum Gasteiger partial charge on any atom is 0.234 e. The van der Waals surface area contributed by atoms with Gasteiger partial charge in [0, 0.05) is 17.6 Å². The molecule has 3 atom stereocenters. The Morgan fingerprint density at radius 2 is 1.86 bits per heavy atom. The summed E-state index contributed by atoms with van der Waals surface area (Å²) in [6.45, 7) is 9.14. The first-order chi connectivity index (χ1) is 9.94. The lowest BCUT2D eigenvalue weighted by molar-refractivity contribution is -0.123. The van der Waals surface area contributed by atoms with E-state index in [2.05, 4.69) is 40.0 Å². The molecule has 2 rings (SSSR count). The summed E-state index contributed by atoms with van der Waals surface area (Å²) in [6.07, 6.45) is 1.27. The van der Waals surface area contributed by atoms with Crippen LogP contribution in [0.5, 0.6) is 0 Å². The molecule has 1 amide bonds. The maximum absolute atomic E-state index is 12.2. The van der Waals surface area contributed by atoms with Crippen molar-refractivity contribution in [3.8, 4) is 0 Å². The molecular formula is C17H25BrN2O. The molecule has 0 aromatic heterocycles. The quantitative estimate of drug-likeness (QED) is 0.897. The zero-order valence-corrected chi connectivity index (χ0v) is 14.7. The van der Waals surface area contributed by atoms with Crippen LogP contribution < -0.4 is 5.32 Å². The third-order valence-corrected chi connectivity index (χ3v) is 4.59. The fourth-order valence-electron chi connectivity index (χ4n) is 3.25. The van der Waals surface area contributed by atoms with E-state index in [-0.39, 0.29) is 11.9 Å². The van der Waals surface area contributed by atoms with Crippen molar-refractivity contribution in [2.45, 2.75) is 33.2 Å². The number of halogens is 1. The topological polar surface area (TPSA) is 32.3 Å². The van der Waals surface area contributed by atoms with E-state index in [1.807, 2.05) is 31.2 Å². The molecule has 1 N–H and O–H groups in total. The fourth-order valence-corrected chi connectivity index (χ4v) is 3.51. The van der Waals surface area contributed by atoms with Crippen LogP contribution in [0.25, 0.3) is 0 Å². The van der Waals surface area contributed by atoms with Gasteiger partial charge in [-0.15, -0.1) is 0 Å². The minimum absolute atomic E-state index is 0.0465. The van der Waals surface area contributed by atoms with Gasteiger partial charge in [-0.2, -0.15) is 0 Å². The lowest BCUT2D eigenvalue weighted by Gasteiger charge is -2.34. The SMILES string of the molecule is C[C@@H]1C[C@@H](C)CN(CC(=O)N[C@@H](C)c2ccc(Br)cc2)C1. The van der Waals surface area contributed by atoms with E-state index >= 15 is 0 Å². The standard InChI is InChI=1S/C17H25BrN2O/c1-12-8-13(2)10-20(9-12)11-17(21)19-14(3)15-4-6-16(18)7-5-15/h4-7,12-14H,8-11H2,1-3H3,(H,19,21)/t12-,13-,14+/m1/s1. The molecule has 21 heavy (non-hydrogen) atoms. The largest absolute Gasteiger partial charge is 0.348 e. The van der Waals surface area contributed by atoms with E-state index in [0.717, 1.165) is 23.1 Å². The number of piperidine rings is 1. The van der Waals surface area contributed by atoms with Crippen molar-refractivity contribution < 1.29 is 4.79 Å². The summed E-state index contributed by atoms with van der Waals surface area (Å²) in [4.78, 5) is 14.5.